The zero-order chi connectivity index (χ0) is 13.4. The molecule has 0 spiro atoms. The lowest BCUT2D eigenvalue weighted by Crippen LogP contribution is -2.40. The van der Waals surface area contributed by atoms with Gasteiger partial charge in [0.2, 0.25) is 11.8 Å². The summed E-state index contributed by atoms with van der Waals surface area (Å²) in [4.78, 5) is 24.8. The van der Waals surface area contributed by atoms with E-state index in [0.717, 1.165) is 38.8 Å². The monoisotopic (exact) mass is 255 g/mol. The maximum Gasteiger partial charge on any atom is 0.237 e. The van der Waals surface area contributed by atoms with Crippen LogP contribution in [-0.4, -0.2) is 42.9 Å². The Balaban J connectivity index is 2.43. The van der Waals surface area contributed by atoms with Crippen LogP contribution in [0, 0.1) is 5.92 Å². The summed E-state index contributed by atoms with van der Waals surface area (Å²) in [6.45, 7) is 4.75. The van der Waals surface area contributed by atoms with Gasteiger partial charge in [-0.05, 0) is 38.3 Å². The summed E-state index contributed by atoms with van der Waals surface area (Å²) in [6.07, 6.45) is 4.58. The number of nitrogens with two attached hydrogens (primary N) is 1. The smallest absolute Gasteiger partial charge is 0.237 e. The molecule has 0 bridgehead atoms. The van der Waals surface area contributed by atoms with Crippen LogP contribution in [0.3, 0.4) is 0 Å². The van der Waals surface area contributed by atoms with Gasteiger partial charge in [-0.3, -0.25) is 9.59 Å². The number of carbonyl (C=O) groups excluding carboxylic acids is 2. The first-order valence-electron chi connectivity index (χ1n) is 6.90. The van der Waals surface area contributed by atoms with Crippen molar-refractivity contribution in [2.24, 2.45) is 11.7 Å². The van der Waals surface area contributed by atoms with E-state index in [1.807, 2.05) is 0 Å². The Morgan fingerprint density at radius 1 is 1.33 bits per heavy atom. The molecule has 1 rings (SSSR count). The van der Waals surface area contributed by atoms with E-state index in [2.05, 4.69) is 12.2 Å². The largest absolute Gasteiger partial charge is 0.368 e. The number of unbranched alkanes of at least 4 members (excludes halogenated alkanes) is 1. The Morgan fingerprint density at radius 2 is 2.00 bits per heavy atom. The summed E-state index contributed by atoms with van der Waals surface area (Å²) in [6, 6.07) is 0. The minimum absolute atomic E-state index is 0.0593. The highest BCUT2D eigenvalue weighted by molar-refractivity contribution is 5.83. The third-order valence-corrected chi connectivity index (χ3v) is 3.40. The van der Waals surface area contributed by atoms with Gasteiger partial charge in [0.15, 0.2) is 0 Å². The number of primary amides is 1. The van der Waals surface area contributed by atoms with Crippen molar-refractivity contribution in [2.75, 3.05) is 26.2 Å². The standard InChI is InChI=1S/C13H25N3O2/c1-2-3-8-16(10-12(14)17)13(18)9-11-4-6-15-7-5-11/h11,15H,2-10H2,1H3,(H2,14,17). The van der Waals surface area contributed by atoms with Gasteiger partial charge in [-0.25, -0.2) is 0 Å². The number of hydrogen-bond acceptors (Lipinski definition) is 3. The fraction of sp³-hybridized carbons (Fsp3) is 0.846. The number of carbonyl (C=O) groups is 2. The fourth-order valence-electron chi connectivity index (χ4n) is 2.29. The lowest BCUT2D eigenvalue weighted by atomic mass is 9.94. The Hall–Kier alpha value is -1.10. The van der Waals surface area contributed by atoms with Crippen LogP contribution in [0.25, 0.3) is 0 Å². The number of rotatable bonds is 7. The van der Waals surface area contributed by atoms with Crippen molar-refractivity contribution >= 4 is 11.8 Å². The molecule has 18 heavy (non-hydrogen) atoms. The van der Waals surface area contributed by atoms with Crippen molar-refractivity contribution in [3.63, 3.8) is 0 Å². The number of nitrogens with zero attached hydrogens (tertiary/aromatic N) is 1. The SMILES string of the molecule is CCCCN(CC(N)=O)C(=O)CC1CCNCC1. The molecule has 0 saturated carbocycles. The van der Waals surface area contributed by atoms with Gasteiger partial charge in [0.05, 0.1) is 6.54 Å². The van der Waals surface area contributed by atoms with E-state index in [4.69, 9.17) is 5.73 Å². The minimum atomic E-state index is -0.426. The highest BCUT2D eigenvalue weighted by atomic mass is 16.2. The second-order valence-corrected chi connectivity index (χ2v) is 5.03. The van der Waals surface area contributed by atoms with E-state index in [9.17, 15) is 9.59 Å². The van der Waals surface area contributed by atoms with Crippen molar-refractivity contribution in [3.8, 4) is 0 Å². The summed E-state index contributed by atoms with van der Waals surface area (Å²) in [5.41, 5.74) is 5.19. The summed E-state index contributed by atoms with van der Waals surface area (Å²) < 4.78 is 0. The van der Waals surface area contributed by atoms with Crippen LogP contribution in [0.5, 0.6) is 0 Å². The van der Waals surface area contributed by atoms with Gasteiger partial charge in [0.25, 0.3) is 0 Å². The molecule has 0 aromatic rings. The number of nitrogens with one attached hydrogen (secondary N) is 1. The van der Waals surface area contributed by atoms with E-state index in [1.165, 1.54) is 0 Å². The maximum atomic E-state index is 12.2. The van der Waals surface area contributed by atoms with Crippen LogP contribution in [0.1, 0.15) is 39.0 Å². The quantitative estimate of drug-likeness (QED) is 0.695. The summed E-state index contributed by atoms with van der Waals surface area (Å²) >= 11 is 0. The Kier molecular flexibility index (Phi) is 6.72. The van der Waals surface area contributed by atoms with Crippen molar-refractivity contribution < 1.29 is 9.59 Å². The van der Waals surface area contributed by atoms with Gasteiger partial charge in [-0.1, -0.05) is 13.3 Å². The number of piperidine rings is 1. The van der Waals surface area contributed by atoms with Crippen molar-refractivity contribution in [1.29, 1.82) is 0 Å². The highest BCUT2D eigenvalue weighted by Gasteiger charge is 2.21. The van der Waals surface area contributed by atoms with E-state index in [-0.39, 0.29) is 12.5 Å². The second kappa shape index (κ2) is 8.08. The molecule has 0 unspecified atom stereocenters. The van der Waals surface area contributed by atoms with Crippen LogP contribution in [0.15, 0.2) is 0 Å². The first kappa shape index (κ1) is 15.0. The first-order valence-corrected chi connectivity index (χ1v) is 6.90. The predicted octanol–water partition coefficient (Wildman–Crippen LogP) is 0.490. The van der Waals surface area contributed by atoms with Crippen LogP contribution in [-0.2, 0) is 9.59 Å². The van der Waals surface area contributed by atoms with Crippen LogP contribution in [0.4, 0.5) is 0 Å². The molecule has 5 heteroatoms. The normalized spacial score (nSPS) is 16.5. The molecule has 1 fully saturated rings. The lowest BCUT2D eigenvalue weighted by molar-refractivity contribution is -0.136. The van der Waals surface area contributed by atoms with Crippen LogP contribution < -0.4 is 11.1 Å². The number of hydrogen-bond donors (Lipinski definition) is 2. The molecule has 1 heterocycles. The van der Waals surface area contributed by atoms with E-state index in [0.29, 0.717) is 18.9 Å². The van der Waals surface area contributed by atoms with Crippen LogP contribution in [0.2, 0.25) is 0 Å². The van der Waals surface area contributed by atoms with Crippen molar-refractivity contribution in [1.82, 2.24) is 10.2 Å². The summed E-state index contributed by atoms with van der Waals surface area (Å²) in [7, 11) is 0. The molecule has 0 aromatic heterocycles. The van der Waals surface area contributed by atoms with E-state index in [1.54, 1.807) is 4.90 Å². The fourth-order valence-corrected chi connectivity index (χ4v) is 2.29. The molecule has 1 aliphatic heterocycles. The van der Waals surface area contributed by atoms with E-state index >= 15 is 0 Å². The predicted molar refractivity (Wildman–Crippen MR) is 70.9 cm³/mol. The number of amides is 2. The minimum Gasteiger partial charge on any atom is -0.368 e. The van der Waals surface area contributed by atoms with Gasteiger partial charge < -0.3 is 16.0 Å². The molecular weight excluding hydrogens is 230 g/mol. The average molecular weight is 255 g/mol. The third-order valence-electron chi connectivity index (χ3n) is 3.40. The first-order chi connectivity index (χ1) is 8.63. The van der Waals surface area contributed by atoms with E-state index < -0.39 is 5.91 Å². The lowest BCUT2D eigenvalue weighted by Gasteiger charge is -2.26. The molecule has 1 saturated heterocycles. The molecule has 1 aliphatic rings. The van der Waals surface area contributed by atoms with Gasteiger partial charge in [0, 0.05) is 13.0 Å². The molecule has 104 valence electrons. The van der Waals surface area contributed by atoms with Gasteiger partial charge >= 0.3 is 0 Å². The average Bonchev–Trinajstić information content (AvgIpc) is 2.35. The Bertz CT molecular complexity index is 275. The second-order valence-electron chi connectivity index (χ2n) is 5.03. The summed E-state index contributed by atoms with van der Waals surface area (Å²) in [5.74, 6) is 0.106. The van der Waals surface area contributed by atoms with Crippen molar-refractivity contribution in [3.05, 3.63) is 0 Å². The summed E-state index contributed by atoms with van der Waals surface area (Å²) in [5, 5.41) is 3.28. The maximum absolute atomic E-state index is 12.2. The molecule has 5 nitrogen and oxygen atoms in total. The van der Waals surface area contributed by atoms with Gasteiger partial charge in [0.1, 0.15) is 0 Å². The molecule has 2 amide bonds. The van der Waals surface area contributed by atoms with Crippen molar-refractivity contribution in [2.45, 2.75) is 39.0 Å². The topological polar surface area (TPSA) is 75.4 Å². The third kappa shape index (κ3) is 5.49. The Morgan fingerprint density at radius 3 is 2.56 bits per heavy atom. The zero-order valence-corrected chi connectivity index (χ0v) is 11.3. The molecular formula is C13H25N3O2. The molecule has 0 aromatic carbocycles. The van der Waals surface area contributed by atoms with Crippen LogP contribution >= 0.6 is 0 Å². The molecule has 3 N–H and O–H groups in total. The molecule has 0 radical (unpaired) electrons. The zero-order valence-electron chi connectivity index (χ0n) is 11.3. The highest BCUT2D eigenvalue weighted by Crippen LogP contribution is 2.17. The van der Waals surface area contributed by atoms with Gasteiger partial charge in [-0.2, -0.15) is 0 Å². The molecule has 0 atom stereocenters. The van der Waals surface area contributed by atoms with Gasteiger partial charge in [-0.15, -0.1) is 0 Å². The Labute approximate surface area is 109 Å². The molecule has 0 aliphatic carbocycles.